The lowest BCUT2D eigenvalue weighted by Crippen LogP contribution is -2.39. The van der Waals surface area contributed by atoms with E-state index >= 15 is 0 Å². The fourth-order valence-corrected chi connectivity index (χ4v) is 6.90. The predicted octanol–water partition coefficient (Wildman–Crippen LogP) is 7.14. The van der Waals surface area contributed by atoms with Crippen molar-refractivity contribution in [2.75, 3.05) is 30.7 Å². The second kappa shape index (κ2) is 12.1. The van der Waals surface area contributed by atoms with Gasteiger partial charge in [-0.3, -0.25) is 0 Å². The van der Waals surface area contributed by atoms with Gasteiger partial charge in [-0.05, 0) is 80.2 Å². The molecule has 4 rings (SSSR count). The smallest absolute Gasteiger partial charge is 0.324 e. The van der Waals surface area contributed by atoms with E-state index in [9.17, 15) is 21.6 Å². The third-order valence-corrected chi connectivity index (χ3v) is 9.21. The minimum absolute atomic E-state index is 0.00197. The van der Waals surface area contributed by atoms with Gasteiger partial charge in [0.25, 0.3) is 5.95 Å². The van der Waals surface area contributed by atoms with Crippen LogP contribution in [0, 0.1) is 11.3 Å². The standard InChI is InChI=1S/C28H34ClF3N6O2S/c1-27(2,3)11-13-38-12-5-6-18(16-38)17-41(39,40)21-9-7-19(8-10-21)24-22(28(30,31)32)14-20(15-23(24)29)34-26-35-25(33-4)36-37-26/h7-10,14-15,18H,4-6,11-13,16-17H2,1-3H3,(H2,34,35,36,37). The van der Waals surface area contributed by atoms with Crippen LogP contribution in [0.1, 0.15) is 45.6 Å². The van der Waals surface area contributed by atoms with Crippen molar-refractivity contribution >= 4 is 45.7 Å². The van der Waals surface area contributed by atoms with Gasteiger partial charge < -0.3 is 10.2 Å². The van der Waals surface area contributed by atoms with Gasteiger partial charge in [-0.1, -0.05) is 44.5 Å². The number of aromatic nitrogens is 3. The van der Waals surface area contributed by atoms with Crippen molar-refractivity contribution < 1.29 is 21.6 Å². The van der Waals surface area contributed by atoms with Gasteiger partial charge in [0.15, 0.2) is 9.84 Å². The molecule has 8 nitrogen and oxygen atoms in total. The molecule has 1 atom stereocenters. The lowest BCUT2D eigenvalue weighted by atomic mass is 9.91. The van der Waals surface area contributed by atoms with E-state index < -0.39 is 21.6 Å². The number of likely N-dealkylation sites (tertiary alicyclic amines) is 1. The summed E-state index contributed by atoms with van der Waals surface area (Å²) in [7, 11) is -3.64. The number of sulfone groups is 1. The number of aromatic amines is 1. The molecule has 1 saturated heterocycles. The van der Waals surface area contributed by atoms with E-state index in [1.54, 1.807) is 0 Å². The number of hydrogen-bond acceptors (Lipinski definition) is 7. The van der Waals surface area contributed by atoms with Gasteiger partial charge in [-0.25, -0.2) is 18.5 Å². The Morgan fingerprint density at radius 3 is 2.51 bits per heavy atom. The third kappa shape index (κ3) is 8.08. The first kappa shape index (κ1) is 31.0. The monoisotopic (exact) mass is 610 g/mol. The topological polar surface area (TPSA) is 103 Å². The highest BCUT2D eigenvalue weighted by atomic mass is 35.5. The Balaban J connectivity index is 1.53. The Kier molecular flexibility index (Phi) is 9.15. The van der Waals surface area contributed by atoms with Crippen LogP contribution in [0.2, 0.25) is 5.02 Å². The summed E-state index contributed by atoms with van der Waals surface area (Å²) in [5.74, 6) is 0.0946. The summed E-state index contributed by atoms with van der Waals surface area (Å²) in [5.41, 5.74) is -0.849. The van der Waals surface area contributed by atoms with Gasteiger partial charge in [0.05, 0.1) is 21.2 Å². The van der Waals surface area contributed by atoms with Crippen LogP contribution in [-0.2, 0) is 16.0 Å². The first-order valence-electron chi connectivity index (χ1n) is 13.3. The Morgan fingerprint density at radius 1 is 1.20 bits per heavy atom. The van der Waals surface area contributed by atoms with E-state index in [1.807, 2.05) is 0 Å². The van der Waals surface area contributed by atoms with Gasteiger partial charge in [-0.2, -0.15) is 18.2 Å². The maximum Gasteiger partial charge on any atom is 0.417 e. The summed E-state index contributed by atoms with van der Waals surface area (Å²) in [4.78, 5) is 9.88. The quantitative estimate of drug-likeness (QED) is 0.250. The molecule has 0 aliphatic carbocycles. The van der Waals surface area contributed by atoms with Crippen LogP contribution in [0.4, 0.5) is 30.8 Å². The molecule has 0 amide bonds. The van der Waals surface area contributed by atoms with Gasteiger partial charge in [0.2, 0.25) is 5.95 Å². The summed E-state index contributed by atoms with van der Waals surface area (Å²) in [6.45, 7) is 12.5. The van der Waals surface area contributed by atoms with Crippen molar-refractivity contribution in [3.63, 3.8) is 0 Å². The van der Waals surface area contributed by atoms with Crippen LogP contribution in [0.25, 0.3) is 11.1 Å². The Bertz CT molecular complexity index is 1480. The van der Waals surface area contributed by atoms with Gasteiger partial charge >= 0.3 is 6.18 Å². The van der Waals surface area contributed by atoms with Crippen molar-refractivity contribution in [1.29, 1.82) is 0 Å². The maximum atomic E-state index is 14.1. The molecular weight excluding hydrogens is 577 g/mol. The average Bonchev–Trinajstić information content (AvgIpc) is 3.34. The number of anilines is 2. The van der Waals surface area contributed by atoms with Gasteiger partial charge in [0.1, 0.15) is 0 Å². The molecule has 1 aliphatic heterocycles. The molecule has 13 heteroatoms. The summed E-state index contributed by atoms with van der Waals surface area (Å²) < 4.78 is 68.9. The van der Waals surface area contributed by atoms with E-state index in [2.05, 4.69) is 57.9 Å². The number of nitrogens with one attached hydrogen (secondary N) is 2. The molecule has 2 N–H and O–H groups in total. The van der Waals surface area contributed by atoms with E-state index in [0.717, 1.165) is 45.0 Å². The van der Waals surface area contributed by atoms with Crippen LogP contribution in [-0.4, -0.2) is 60.6 Å². The molecule has 222 valence electrons. The Labute approximate surface area is 243 Å². The summed E-state index contributed by atoms with van der Waals surface area (Å²) in [6.07, 6.45) is -1.94. The summed E-state index contributed by atoms with van der Waals surface area (Å²) in [5, 5.41) is 8.77. The maximum absolute atomic E-state index is 14.1. The van der Waals surface area contributed by atoms with Crippen LogP contribution in [0.5, 0.6) is 0 Å². The number of H-pyrrole nitrogens is 1. The zero-order valence-corrected chi connectivity index (χ0v) is 24.8. The number of piperidine rings is 1. The molecule has 2 heterocycles. The first-order chi connectivity index (χ1) is 19.1. The number of benzene rings is 2. The van der Waals surface area contributed by atoms with Crippen molar-refractivity contribution in [1.82, 2.24) is 20.1 Å². The molecule has 3 aromatic rings. The SMILES string of the molecule is C=Nc1n[nH]c(Nc2cc(Cl)c(-c3ccc(S(=O)(=O)CC4CCCN(CCC(C)(C)C)C4)cc3)c(C(F)(F)F)c2)n1. The van der Waals surface area contributed by atoms with E-state index in [4.69, 9.17) is 11.6 Å². The van der Waals surface area contributed by atoms with Crippen molar-refractivity contribution in [3.8, 4) is 11.1 Å². The van der Waals surface area contributed by atoms with Gasteiger partial charge in [0, 0.05) is 17.8 Å². The largest absolute Gasteiger partial charge is 0.417 e. The number of rotatable bonds is 9. The van der Waals surface area contributed by atoms with Gasteiger partial charge in [-0.15, -0.1) is 5.10 Å². The second-order valence-corrected chi connectivity index (χ2v) is 14.0. The molecule has 0 radical (unpaired) electrons. The molecule has 0 bridgehead atoms. The fraction of sp³-hybridized carbons (Fsp3) is 0.464. The van der Waals surface area contributed by atoms with E-state index in [0.29, 0.717) is 0 Å². The number of hydrogen-bond donors (Lipinski definition) is 2. The minimum Gasteiger partial charge on any atom is -0.324 e. The number of nitrogens with zero attached hydrogens (tertiary/aromatic N) is 4. The second-order valence-electron chi connectivity index (χ2n) is 11.6. The molecule has 0 saturated carbocycles. The first-order valence-corrected chi connectivity index (χ1v) is 15.3. The molecule has 1 aliphatic rings. The van der Waals surface area contributed by atoms with Crippen LogP contribution < -0.4 is 5.32 Å². The highest BCUT2D eigenvalue weighted by Crippen LogP contribution is 2.43. The van der Waals surface area contributed by atoms with Crippen molar-refractivity contribution in [3.05, 3.63) is 47.0 Å². The summed E-state index contributed by atoms with van der Waals surface area (Å²) >= 11 is 6.36. The number of aliphatic imine (C=N–C) groups is 1. The number of alkyl halides is 3. The third-order valence-electron chi connectivity index (χ3n) is 7.01. The molecule has 1 aromatic heterocycles. The lowest BCUT2D eigenvalue weighted by molar-refractivity contribution is -0.137. The van der Waals surface area contributed by atoms with Crippen molar-refractivity contribution in [2.45, 2.75) is 51.1 Å². The molecule has 2 aromatic carbocycles. The van der Waals surface area contributed by atoms with Crippen LogP contribution >= 0.6 is 11.6 Å². The summed E-state index contributed by atoms with van der Waals surface area (Å²) in [6, 6.07) is 7.67. The normalized spacial score (nSPS) is 17.0. The van der Waals surface area contributed by atoms with Crippen LogP contribution in [0.15, 0.2) is 46.3 Å². The Hall–Kier alpha value is -2.96. The highest BCUT2D eigenvalue weighted by Gasteiger charge is 2.36. The minimum atomic E-state index is -4.74. The molecular formula is C28H34ClF3N6O2S. The molecule has 0 spiro atoms. The Morgan fingerprint density at radius 2 is 1.90 bits per heavy atom. The molecule has 41 heavy (non-hydrogen) atoms. The van der Waals surface area contributed by atoms with Crippen LogP contribution in [0.3, 0.4) is 0 Å². The zero-order valence-electron chi connectivity index (χ0n) is 23.2. The van der Waals surface area contributed by atoms with E-state index in [-0.39, 0.29) is 55.7 Å². The highest BCUT2D eigenvalue weighted by molar-refractivity contribution is 7.91. The molecule has 1 unspecified atom stereocenters. The average molecular weight is 611 g/mol. The number of halogens is 4. The zero-order chi connectivity index (χ0) is 30.0. The lowest BCUT2D eigenvalue weighted by Gasteiger charge is -2.34. The van der Waals surface area contributed by atoms with Crippen molar-refractivity contribution in [2.24, 2.45) is 16.3 Å². The van der Waals surface area contributed by atoms with E-state index in [1.165, 1.54) is 30.3 Å². The predicted molar refractivity (Wildman–Crippen MR) is 156 cm³/mol. The fourth-order valence-electron chi connectivity index (χ4n) is 4.93. The molecule has 1 fully saturated rings.